The van der Waals surface area contributed by atoms with Crippen LogP contribution in [0.25, 0.3) is 0 Å². The first-order valence-corrected chi connectivity index (χ1v) is 5.86. The molecule has 0 aliphatic heterocycles. The monoisotopic (exact) mass is 244 g/mol. The van der Waals surface area contributed by atoms with E-state index in [2.05, 4.69) is 5.43 Å². The minimum absolute atomic E-state index is 0.161. The van der Waals surface area contributed by atoms with Crippen LogP contribution in [0.1, 0.15) is 30.9 Å². The van der Waals surface area contributed by atoms with Crippen LogP contribution in [0.15, 0.2) is 18.2 Å². The summed E-state index contributed by atoms with van der Waals surface area (Å²) < 4.78 is 0. The Morgan fingerprint density at radius 3 is 2.33 bits per heavy atom. The summed E-state index contributed by atoms with van der Waals surface area (Å²) in [5, 5.41) is 1.32. The second kappa shape index (κ2) is 4.71. The van der Waals surface area contributed by atoms with Crippen LogP contribution in [0, 0.1) is 5.92 Å². The Labute approximate surface area is 99.7 Å². The Morgan fingerprint density at radius 2 is 1.87 bits per heavy atom. The Morgan fingerprint density at radius 1 is 1.27 bits per heavy atom. The maximum Gasteiger partial charge on any atom is 0.0463 e. The lowest BCUT2D eigenvalue weighted by atomic mass is 10.0. The standard InChI is InChI=1S/C11H14Cl2N2/c12-9-4-8(5-10(13)6-9)11(15-14)3-7-1-2-7/h4-7,11,15H,1-3,14H2. The third-order valence-corrected chi connectivity index (χ3v) is 3.19. The average Bonchev–Trinajstić information content (AvgIpc) is 2.96. The molecule has 0 bridgehead atoms. The minimum atomic E-state index is 0.161. The molecular weight excluding hydrogens is 231 g/mol. The molecule has 4 heteroatoms. The van der Waals surface area contributed by atoms with Crippen molar-refractivity contribution in [1.82, 2.24) is 5.43 Å². The highest BCUT2D eigenvalue weighted by Gasteiger charge is 2.25. The van der Waals surface area contributed by atoms with E-state index in [0.717, 1.165) is 17.9 Å². The second-order valence-electron chi connectivity index (χ2n) is 4.10. The summed E-state index contributed by atoms with van der Waals surface area (Å²) in [6, 6.07) is 5.73. The van der Waals surface area contributed by atoms with E-state index in [1.54, 1.807) is 6.07 Å². The van der Waals surface area contributed by atoms with Gasteiger partial charge in [0.1, 0.15) is 0 Å². The fourth-order valence-corrected chi connectivity index (χ4v) is 2.31. The third kappa shape index (κ3) is 3.08. The summed E-state index contributed by atoms with van der Waals surface area (Å²) >= 11 is 11.9. The van der Waals surface area contributed by atoms with Gasteiger partial charge in [0.25, 0.3) is 0 Å². The minimum Gasteiger partial charge on any atom is -0.271 e. The van der Waals surface area contributed by atoms with Crippen molar-refractivity contribution in [3.8, 4) is 0 Å². The van der Waals surface area contributed by atoms with E-state index in [1.165, 1.54) is 12.8 Å². The number of hydrogen-bond donors (Lipinski definition) is 2. The van der Waals surface area contributed by atoms with Gasteiger partial charge in [0.15, 0.2) is 0 Å². The quantitative estimate of drug-likeness (QED) is 0.631. The predicted molar refractivity (Wildman–Crippen MR) is 63.9 cm³/mol. The SMILES string of the molecule is NNC(CC1CC1)c1cc(Cl)cc(Cl)c1. The first kappa shape index (κ1) is 11.2. The van der Waals surface area contributed by atoms with Gasteiger partial charge >= 0.3 is 0 Å². The van der Waals surface area contributed by atoms with E-state index in [-0.39, 0.29) is 6.04 Å². The Kier molecular flexibility index (Phi) is 3.52. The van der Waals surface area contributed by atoms with Gasteiger partial charge in [-0.05, 0) is 36.1 Å². The van der Waals surface area contributed by atoms with E-state index in [9.17, 15) is 0 Å². The van der Waals surface area contributed by atoms with Gasteiger partial charge in [0.05, 0.1) is 0 Å². The molecule has 3 N–H and O–H groups in total. The molecule has 0 saturated heterocycles. The van der Waals surface area contributed by atoms with Crippen molar-refractivity contribution in [2.24, 2.45) is 11.8 Å². The Balaban J connectivity index is 2.16. The molecular formula is C11H14Cl2N2. The predicted octanol–water partition coefficient (Wildman–Crippen LogP) is 3.30. The Hall–Kier alpha value is -0.280. The number of nitrogens with one attached hydrogen (secondary N) is 1. The van der Waals surface area contributed by atoms with Gasteiger partial charge in [0.2, 0.25) is 0 Å². The molecule has 0 aromatic heterocycles. The van der Waals surface area contributed by atoms with E-state index < -0.39 is 0 Å². The normalized spacial score (nSPS) is 17.8. The first-order chi connectivity index (χ1) is 7.19. The maximum atomic E-state index is 5.95. The van der Waals surface area contributed by atoms with Crippen molar-refractivity contribution in [3.63, 3.8) is 0 Å². The van der Waals surface area contributed by atoms with Crippen LogP contribution in [0.3, 0.4) is 0 Å². The number of nitrogens with two attached hydrogens (primary N) is 1. The van der Waals surface area contributed by atoms with Gasteiger partial charge in [-0.15, -0.1) is 0 Å². The molecule has 1 fully saturated rings. The van der Waals surface area contributed by atoms with Crippen LogP contribution in [0.4, 0.5) is 0 Å². The Bertz CT molecular complexity index is 330. The zero-order chi connectivity index (χ0) is 10.8. The molecule has 0 heterocycles. The van der Waals surface area contributed by atoms with E-state index >= 15 is 0 Å². The molecule has 1 aliphatic rings. The summed E-state index contributed by atoms with van der Waals surface area (Å²) in [4.78, 5) is 0. The van der Waals surface area contributed by atoms with Gasteiger partial charge in [-0.25, -0.2) is 0 Å². The zero-order valence-corrected chi connectivity index (χ0v) is 9.85. The lowest BCUT2D eigenvalue weighted by molar-refractivity contribution is 0.487. The van der Waals surface area contributed by atoms with Crippen molar-refractivity contribution in [2.45, 2.75) is 25.3 Å². The highest BCUT2D eigenvalue weighted by Crippen LogP contribution is 2.38. The zero-order valence-electron chi connectivity index (χ0n) is 8.34. The molecule has 2 rings (SSSR count). The number of benzene rings is 1. The van der Waals surface area contributed by atoms with Crippen molar-refractivity contribution in [2.75, 3.05) is 0 Å². The number of hydrogen-bond acceptors (Lipinski definition) is 2. The van der Waals surface area contributed by atoms with Crippen molar-refractivity contribution >= 4 is 23.2 Å². The molecule has 0 spiro atoms. The topological polar surface area (TPSA) is 38.0 Å². The van der Waals surface area contributed by atoms with Crippen molar-refractivity contribution < 1.29 is 0 Å². The smallest absolute Gasteiger partial charge is 0.0463 e. The summed E-state index contributed by atoms with van der Waals surface area (Å²) in [7, 11) is 0. The lowest BCUT2D eigenvalue weighted by Crippen LogP contribution is -2.28. The summed E-state index contributed by atoms with van der Waals surface area (Å²) in [5.41, 5.74) is 3.90. The molecule has 1 aromatic rings. The van der Waals surface area contributed by atoms with Gasteiger partial charge in [-0.3, -0.25) is 11.3 Å². The van der Waals surface area contributed by atoms with Gasteiger partial charge < -0.3 is 0 Å². The van der Waals surface area contributed by atoms with E-state index in [0.29, 0.717) is 10.0 Å². The number of rotatable bonds is 4. The highest BCUT2D eigenvalue weighted by molar-refractivity contribution is 6.34. The number of hydrazine groups is 1. The second-order valence-corrected chi connectivity index (χ2v) is 4.97. The van der Waals surface area contributed by atoms with Crippen LogP contribution in [0.5, 0.6) is 0 Å². The van der Waals surface area contributed by atoms with Crippen LogP contribution in [-0.2, 0) is 0 Å². The molecule has 82 valence electrons. The van der Waals surface area contributed by atoms with Crippen LogP contribution >= 0.6 is 23.2 Å². The highest BCUT2D eigenvalue weighted by atomic mass is 35.5. The van der Waals surface area contributed by atoms with Gasteiger partial charge in [-0.2, -0.15) is 0 Å². The maximum absolute atomic E-state index is 5.95. The molecule has 1 aliphatic carbocycles. The molecule has 1 atom stereocenters. The van der Waals surface area contributed by atoms with Crippen LogP contribution < -0.4 is 11.3 Å². The molecule has 15 heavy (non-hydrogen) atoms. The molecule has 0 amide bonds. The molecule has 1 aromatic carbocycles. The first-order valence-electron chi connectivity index (χ1n) is 5.11. The van der Waals surface area contributed by atoms with Gasteiger partial charge in [-0.1, -0.05) is 36.0 Å². The lowest BCUT2D eigenvalue weighted by Gasteiger charge is -2.16. The van der Waals surface area contributed by atoms with Gasteiger partial charge in [0, 0.05) is 16.1 Å². The van der Waals surface area contributed by atoms with E-state index in [4.69, 9.17) is 29.0 Å². The summed E-state index contributed by atoms with van der Waals surface area (Å²) in [5.74, 6) is 6.35. The average molecular weight is 245 g/mol. The molecule has 1 unspecified atom stereocenters. The van der Waals surface area contributed by atoms with Crippen LogP contribution in [0.2, 0.25) is 10.0 Å². The molecule has 1 saturated carbocycles. The molecule has 2 nitrogen and oxygen atoms in total. The third-order valence-electron chi connectivity index (χ3n) is 2.75. The van der Waals surface area contributed by atoms with Crippen LogP contribution in [-0.4, -0.2) is 0 Å². The fraction of sp³-hybridized carbons (Fsp3) is 0.455. The molecule has 0 radical (unpaired) electrons. The summed E-state index contributed by atoms with van der Waals surface area (Å²) in [6.07, 6.45) is 3.69. The van der Waals surface area contributed by atoms with Crippen molar-refractivity contribution in [1.29, 1.82) is 0 Å². The largest absolute Gasteiger partial charge is 0.271 e. The summed E-state index contributed by atoms with van der Waals surface area (Å²) in [6.45, 7) is 0. The number of halogens is 2. The van der Waals surface area contributed by atoms with E-state index in [1.807, 2.05) is 12.1 Å². The van der Waals surface area contributed by atoms with Crippen molar-refractivity contribution in [3.05, 3.63) is 33.8 Å². The fourth-order valence-electron chi connectivity index (χ4n) is 1.76.